The molecule has 0 aliphatic heterocycles. The maximum atomic E-state index is 11.4. The van der Waals surface area contributed by atoms with Crippen LogP contribution in [0.5, 0.6) is 11.5 Å². The summed E-state index contributed by atoms with van der Waals surface area (Å²) in [6, 6.07) is 8.57. The Kier molecular flexibility index (Phi) is 4.62. The zero-order chi connectivity index (χ0) is 17.2. The molecule has 0 aromatic heterocycles. The number of nitro groups is 1. The fourth-order valence-electron chi connectivity index (χ4n) is 1.75. The molecule has 2 aromatic rings. The molecule has 0 bridgehead atoms. The molecule has 0 atom stereocenters. The first kappa shape index (κ1) is 16.8. The second kappa shape index (κ2) is 6.31. The van der Waals surface area contributed by atoms with Gasteiger partial charge >= 0.3 is 0 Å². The fourth-order valence-corrected chi connectivity index (χ4v) is 2.49. The zero-order valence-corrected chi connectivity index (χ0v) is 13.4. The van der Waals surface area contributed by atoms with Gasteiger partial charge in [0.25, 0.3) is 5.69 Å². The van der Waals surface area contributed by atoms with Gasteiger partial charge < -0.3 is 10.5 Å². The van der Waals surface area contributed by atoms with Gasteiger partial charge in [-0.25, -0.2) is 8.42 Å². The largest absolute Gasteiger partial charge is 0.453 e. The van der Waals surface area contributed by atoms with Crippen LogP contribution < -0.4 is 15.2 Å². The summed E-state index contributed by atoms with van der Waals surface area (Å²) in [5, 5.41) is 11.3. The van der Waals surface area contributed by atoms with Crippen LogP contribution in [-0.2, 0) is 10.0 Å². The van der Waals surface area contributed by atoms with Crippen LogP contribution in [0.15, 0.2) is 36.4 Å². The van der Waals surface area contributed by atoms with E-state index in [0.717, 1.165) is 18.4 Å². The molecule has 0 saturated heterocycles. The Bertz CT molecular complexity index is 870. The average molecular weight is 358 g/mol. The predicted molar refractivity (Wildman–Crippen MR) is 87.5 cm³/mol. The lowest BCUT2D eigenvalue weighted by Crippen LogP contribution is -2.11. The van der Waals surface area contributed by atoms with Crippen molar-refractivity contribution in [3.8, 4) is 11.5 Å². The van der Waals surface area contributed by atoms with E-state index in [1.54, 1.807) is 18.2 Å². The van der Waals surface area contributed by atoms with Gasteiger partial charge in [0.1, 0.15) is 11.4 Å². The number of nitrogens with zero attached hydrogens (tertiary/aromatic N) is 1. The molecule has 3 N–H and O–H groups in total. The van der Waals surface area contributed by atoms with Crippen LogP contribution in [0.4, 0.5) is 17.1 Å². The SMILES string of the molecule is CS(=O)(=O)Nc1cc(N)c([N+](=O)[O-])cc1Oc1ccccc1Cl. The maximum Gasteiger partial charge on any atom is 0.295 e. The van der Waals surface area contributed by atoms with Gasteiger partial charge in [-0.2, -0.15) is 0 Å². The Labute approximate surface area is 137 Å². The summed E-state index contributed by atoms with van der Waals surface area (Å²) in [6.45, 7) is 0. The van der Waals surface area contributed by atoms with Gasteiger partial charge in [0.05, 0.1) is 28.0 Å². The molecule has 0 saturated carbocycles. The van der Waals surface area contributed by atoms with Crippen molar-refractivity contribution in [3.63, 3.8) is 0 Å². The van der Waals surface area contributed by atoms with Gasteiger partial charge in [-0.15, -0.1) is 0 Å². The smallest absolute Gasteiger partial charge is 0.295 e. The number of hydrogen-bond donors (Lipinski definition) is 2. The third-order valence-electron chi connectivity index (χ3n) is 2.68. The highest BCUT2D eigenvalue weighted by Gasteiger charge is 2.20. The Hall–Kier alpha value is -2.52. The first-order valence-electron chi connectivity index (χ1n) is 6.15. The molecule has 23 heavy (non-hydrogen) atoms. The molecule has 0 radical (unpaired) electrons. The molecule has 8 nitrogen and oxygen atoms in total. The second-order valence-corrected chi connectivity index (χ2v) is 6.73. The van der Waals surface area contributed by atoms with Crippen molar-refractivity contribution in [3.05, 3.63) is 51.5 Å². The quantitative estimate of drug-likeness (QED) is 0.481. The number of anilines is 2. The van der Waals surface area contributed by atoms with Gasteiger partial charge in [0, 0.05) is 0 Å². The molecule has 0 spiro atoms. The Balaban J connectivity index is 2.56. The summed E-state index contributed by atoms with van der Waals surface area (Å²) in [5.74, 6) is 0.120. The number of halogens is 1. The Morgan fingerprint density at radius 1 is 1.26 bits per heavy atom. The van der Waals surface area contributed by atoms with Crippen molar-refractivity contribution in [2.24, 2.45) is 0 Å². The molecule has 0 aliphatic rings. The van der Waals surface area contributed by atoms with Crippen molar-refractivity contribution in [2.45, 2.75) is 0 Å². The number of nitrogens with two attached hydrogens (primary N) is 1. The van der Waals surface area contributed by atoms with Crippen LogP contribution in [0.2, 0.25) is 5.02 Å². The third kappa shape index (κ3) is 4.24. The number of ether oxygens (including phenoxy) is 1. The lowest BCUT2D eigenvalue weighted by atomic mass is 10.2. The van der Waals surface area contributed by atoms with Crippen molar-refractivity contribution < 1.29 is 18.1 Å². The van der Waals surface area contributed by atoms with Crippen LogP contribution in [0.3, 0.4) is 0 Å². The van der Waals surface area contributed by atoms with E-state index in [-0.39, 0.29) is 27.9 Å². The minimum absolute atomic E-state index is 0.0319. The number of nitro benzene ring substituents is 1. The summed E-state index contributed by atoms with van der Waals surface area (Å²) in [4.78, 5) is 10.3. The second-order valence-electron chi connectivity index (χ2n) is 4.57. The molecule has 2 rings (SSSR count). The van der Waals surface area contributed by atoms with E-state index in [4.69, 9.17) is 22.1 Å². The number of nitrogen functional groups attached to an aromatic ring is 1. The number of rotatable bonds is 5. The van der Waals surface area contributed by atoms with Crippen LogP contribution >= 0.6 is 11.6 Å². The molecule has 0 unspecified atom stereocenters. The Morgan fingerprint density at radius 3 is 2.48 bits per heavy atom. The van der Waals surface area contributed by atoms with Gasteiger partial charge in [0.15, 0.2) is 5.75 Å². The topological polar surface area (TPSA) is 125 Å². The highest BCUT2D eigenvalue weighted by Crippen LogP contribution is 2.39. The van der Waals surface area contributed by atoms with E-state index in [0.29, 0.717) is 0 Å². The molecule has 0 fully saturated rings. The van der Waals surface area contributed by atoms with Crippen LogP contribution in [0, 0.1) is 10.1 Å². The standard InChI is InChI=1S/C13H12ClN3O5S/c1-23(20,21)16-10-6-9(15)11(17(18)19)7-13(10)22-12-5-3-2-4-8(12)14/h2-7,16H,15H2,1H3. The van der Waals surface area contributed by atoms with E-state index in [1.165, 1.54) is 6.07 Å². The summed E-state index contributed by atoms with van der Waals surface area (Å²) >= 11 is 5.97. The minimum Gasteiger partial charge on any atom is -0.453 e. The fraction of sp³-hybridized carbons (Fsp3) is 0.0769. The lowest BCUT2D eigenvalue weighted by Gasteiger charge is -2.13. The van der Waals surface area contributed by atoms with E-state index in [1.807, 2.05) is 0 Å². The first-order chi connectivity index (χ1) is 10.7. The van der Waals surface area contributed by atoms with E-state index < -0.39 is 20.6 Å². The van der Waals surface area contributed by atoms with Crippen LogP contribution in [0.25, 0.3) is 0 Å². The van der Waals surface area contributed by atoms with Gasteiger partial charge in [-0.05, 0) is 18.2 Å². The molecule has 10 heteroatoms. The first-order valence-corrected chi connectivity index (χ1v) is 8.42. The van der Waals surface area contributed by atoms with Gasteiger partial charge in [-0.3, -0.25) is 14.8 Å². The number of nitrogens with one attached hydrogen (secondary N) is 1. The Morgan fingerprint density at radius 2 is 1.91 bits per heavy atom. The normalized spacial score (nSPS) is 11.0. The van der Waals surface area contributed by atoms with Crippen LogP contribution in [-0.4, -0.2) is 19.6 Å². The predicted octanol–water partition coefficient (Wildman–Crippen LogP) is 2.99. The molecule has 122 valence electrons. The summed E-state index contributed by atoms with van der Waals surface area (Å²) in [5.41, 5.74) is 4.93. The summed E-state index contributed by atoms with van der Waals surface area (Å²) in [7, 11) is -3.64. The highest BCUT2D eigenvalue weighted by atomic mass is 35.5. The molecule has 0 heterocycles. The molecular formula is C13H12ClN3O5S. The van der Waals surface area contributed by atoms with Gasteiger partial charge in [-0.1, -0.05) is 23.7 Å². The molecular weight excluding hydrogens is 346 g/mol. The van der Waals surface area contributed by atoms with E-state index in [2.05, 4.69) is 4.72 Å². The monoisotopic (exact) mass is 357 g/mol. The number of hydrogen-bond acceptors (Lipinski definition) is 6. The van der Waals surface area contributed by atoms with Crippen molar-refractivity contribution in [1.82, 2.24) is 0 Å². The number of para-hydroxylation sites is 1. The number of benzene rings is 2. The zero-order valence-electron chi connectivity index (χ0n) is 11.8. The minimum atomic E-state index is -3.64. The summed E-state index contributed by atoms with van der Waals surface area (Å²) in [6.07, 6.45) is 0.934. The highest BCUT2D eigenvalue weighted by molar-refractivity contribution is 7.92. The number of sulfonamides is 1. The van der Waals surface area contributed by atoms with Crippen molar-refractivity contribution in [1.29, 1.82) is 0 Å². The molecule has 2 aromatic carbocycles. The maximum absolute atomic E-state index is 11.4. The van der Waals surface area contributed by atoms with Crippen LogP contribution in [0.1, 0.15) is 0 Å². The van der Waals surface area contributed by atoms with Crippen molar-refractivity contribution >= 4 is 38.7 Å². The van der Waals surface area contributed by atoms with Crippen molar-refractivity contribution in [2.75, 3.05) is 16.7 Å². The molecule has 0 amide bonds. The summed E-state index contributed by atoms with van der Waals surface area (Å²) < 4.78 is 30.6. The van der Waals surface area contributed by atoms with Gasteiger partial charge in [0.2, 0.25) is 10.0 Å². The van der Waals surface area contributed by atoms with E-state index >= 15 is 0 Å². The van der Waals surface area contributed by atoms with E-state index in [9.17, 15) is 18.5 Å². The molecule has 0 aliphatic carbocycles. The lowest BCUT2D eigenvalue weighted by molar-refractivity contribution is -0.383. The third-order valence-corrected chi connectivity index (χ3v) is 3.58. The average Bonchev–Trinajstić information content (AvgIpc) is 2.41.